The smallest absolute Gasteiger partial charge is 0.324 e. The van der Waals surface area contributed by atoms with Gasteiger partial charge in [0.15, 0.2) is 0 Å². The first-order valence-electron chi connectivity index (χ1n) is 6.78. The zero-order valence-corrected chi connectivity index (χ0v) is 11.8. The van der Waals surface area contributed by atoms with Gasteiger partial charge in [0.1, 0.15) is 0 Å². The summed E-state index contributed by atoms with van der Waals surface area (Å²) < 4.78 is 5.27. The molecule has 5 nitrogen and oxygen atoms in total. The molecule has 1 unspecified atom stereocenters. The highest BCUT2D eigenvalue weighted by molar-refractivity contribution is 6.30. The zero-order chi connectivity index (χ0) is 14.1. The van der Waals surface area contributed by atoms with E-state index in [9.17, 15) is 9.90 Å². The minimum atomic E-state index is -0.558. The number of ether oxygens (including phenoxy) is 1. The Hall–Kier alpha value is -1.30. The van der Waals surface area contributed by atoms with Crippen molar-refractivity contribution in [2.75, 3.05) is 37.7 Å². The van der Waals surface area contributed by atoms with Gasteiger partial charge in [-0.3, -0.25) is 4.90 Å². The molecule has 2 aliphatic rings. The van der Waals surface area contributed by atoms with Crippen molar-refractivity contribution in [3.8, 4) is 0 Å². The highest BCUT2D eigenvalue weighted by atomic mass is 35.5. The largest absolute Gasteiger partial charge is 0.388 e. The number of anilines is 1. The van der Waals surface area contributed by atoms with Crippen LogP contribution in [0.1, 0.15) is 18.1 Å². The monoisotopic (exact) mass is 296 g/mol. The number of morpholine rings is 1. The molecule has 1 fully saturated rings. The van der Waals surface area contributed by atoms with Crippen LogP contribution in [0, 0.1) is 0 Å². The van der Waals surface area contributed by atoms with Crippen molar-refractivity contribution in [1.29, 1.82) is 0 Å². The molecule has 1 aromatic carbocycles. The summed E-state index contributed by atoms with van der Waals surface area (Å²) in [6.45, 7) is 2.90. The summed E-state index contributed by atoms with van der Waals surface area (Å²) in [6, 6.07) is 5.26. The van der Waals surface area contributed by atoms with Gasteiger partial charge in [0, 0.05) is 30.2 Å². The molecule has 1 saturated heterocycles. The summed E-state index contributed by atoms with van der Waals surface area (Å²) in [5, 5.41) is 10.6. The van der Waals surface area contributed by atoms with Crippen LogP contribution in [0.15, 0.2) is 18.2 Å². The third-order valence-electron chi connectivity index (χ3n) is 3.78. The van der Waals surface area contributed by atoms with E-state index in [1.807, 2.05) is 0 Å². The van der Waals surface area contributed by atoms with E-state index in [1.54, 1.807) is 28.0 Å². The predicted octanol–water partition coefficient (Wildman–Crippen LogP) is 2.04. The summed E-state index contributed by atoms with van der Waals surface area (Å²) in [5.41, 5.74) is 1.48. The number of amides is 2. The first kappa shape index (κ1) is 13.7. The molecule has 1 N–H and O–H groups in total. The molecule has 108 valence electrons. The molecule has 1 atom stereocenters. The van der Waals surface area contributed by atoms with Crippen molar-refractivity contribution in [1.82, 2.24) is 4.90 Å². The second-order valence-electron chi connectivity index (χ2n) is 5.04. The molecule has 0 bridgehead atoms. The van der Waals surface area contributed by atoms with E-state index in [-0.39, 0.29) is 6.03 Å². The summed E-state index contributed by atoms with van der Waals surface area (Å²) >= 11 is 5.98. The fourth-order valence-electron chi connectivity index (χ4n) is 2.69. The molecule has 0 spiro atoms. The molecule has 0 aliphatic carbocycles. The number of nitrogens with zero attached hydrogens (tertiary/aromatic N) is 2. The quantitative estimate of drug-likeness (QED) is 0.797. The van der Waals surface area contributed by atoms with E-state index in [0.29, 0.717) is 44.3 Å². The fraction of sp³-hybridized carbons (Fsp3) is 0.500. The summed E-state index contributed by atoms with van der Waals surface area (Å²) in [7, 11) is 0. The van der Waals surface area contributed by atoms with Crippen LogP contribution in [0.25, 0.3) is 0 Å². The van der Waals surface area contributed by atoms with Crippen molar-refractivity contribution in [3.63, 3.8) is 0 Å². The summed E-state index contributed by atoms with van der Waals surface area (Å²) in [5.74, 6) is 0. The Labute approximate surface area is 122 Å². The Morgan fingerprint density at radius 2 is 2.05 bits per heavy atom. The van der Waals surface area contributed by atoms with E-state index in [2.05, 4.69) is 0 Å². The maximum absolute atomic E-state index is 12.6. The molecule has 20 heavy (non-hydrogen) atoms. The number of aliphatic hydroxyl groups excluding tert-OH is 1. The van der Waals surface area contributed by atoms with E-state index < -0.39 is 6.10 Å². The number of urea groups is 1. The van der Waals surface area contributed by atoms with E-state index >= 15 is 0 Å². The van der Waals surface area contributed by atoms with Crippen molar-refractivity contribution >= 4 is 23.3 Å². The van der Waals surface area contributed by atoms with Gasteiger partial charge in [-0.05, 0) is 24.6 Å². The molecular weight excluding hydrogens is 280 g/mol. The van der Waals surface area contributed by atoms with Crippen LogP contribution in [0.4, 0.5) is 10.5 Å². The maximum Gasteiger partial charge on any atom is 0.324 e. The number of benzene rings is 1. The van der Waals surface area contributed by atoms with E-state index in [0.717, 1.165) is 11.3 Å². The molecule has 3 rings (SSSR count). The Morgan fingerprint density at radius 3 is 2.80 bits per heavy atom. The molecule has 2 aliphatic heterocycles. The van der Waals surface area contributed by atoms with Gasteiger partial charge >= 0.3 is 6.03 Å². The number of hydrogen-bond acceptors (Lipinski definition) is 3. The Balaban J connectivity index is 1.88. The van der Waals surface area contributed by atoms with Gasteiger partial charge in [0.2, 0.25) is 0 Å². The third kappa shape index (κ3) is 2.49. The summed E-state index contributed by atoms with van der Waals surface area (Å²) in [6.07, 6.45) is -0.0268. The highest BCUT2D eigenvalue weighted by Crippen LogP contribution is 2.36. The first-order valence-corrected chi connectivity index (χ1v) is 7.16. The number of hydrogen-bond donors (Lipinski definition) is 1. The number of carbonyl (C=O) groups is 1. The third-order valence-corrected chi connectivity index (χ3v) is 4.01. The first-order chi connectivity index (χ1) is 9.66. The second kappa shape index (κ2) is 5.60. The summed E-state index contributed by atoms with van der Waals surface area (Å²) in [4.78, 5) is 16.1. The van der Waals surface area contributed by atoms with Crippen LogP contribution in [0.5, 0.6) is 0 Å². The topological polar surface area (TPSA) is 53.0 Å². The van der Waals surface area contributed by atoms with Crippen molar-refractivity contribution in [2.24, 2.45) is 0 Å². The molecule has 0 aromatic heterocycles. The van der Waals surface area contributed by atoms with Gasteiger partial charge in [-0.2, -0.15) is 0 Å². The molecular formula is C14H17ClN2O3. The lowest BCUT2D eigenvalue weighted by atomic mass is 9.99. The molecule has 2 heterocycles. The van der Waals surface area contributed by atoms with Crippen LogP contribution in [0.2, 0.25) is 5.02 Å². The predicted molar refractivity (Wildman–Crippen MR) is 76.2 cm³/mol. The normalized spacial score (nSPS) is 22.6. The number of carbonyl (C=O) groups excluding carboxylic acids is 1. The minimum absolute atomic E-state index is 0.0243. The van der Waals surface area contributed by atoms with E-state index in [1.165, 1.54) is 0 Å². The molecule has 0 saturated carbocycles. The Morgan fingerprint density at radius 1 is 1.30 bits per heavy atom. The Kier molecular flexibility index (Phi) is 3.83. The maximum atomic E-state index is 12.6. The number of fused-ring (bicyclic) bond motifs is 1. The Bertz CT molecular complexity index is 517. The van der Waals surface area contributed by atoms with Crippen molar-refractivity contribution in [3.05, 3.63) is 28.8 Å². The van der Waals surface area contributed by atoms with Gasteiger partial charge in [0.25, 0.3) is 0 Å². The van der Waals surface area contributed by atoms with E-state index in [4.69, 9.17) is 16.3 Å². The van der Waals surface area contributed by atoms with Gasteiger partial charge in [-0.15, -0.1) is 0 Å². The van der Waals surface area contributed by atoms with Gasteiger partial charge in [0.05, 0.1) is 25.0 Å². The number of rotatable bonds is 0. The molecule has 1 aromatic rings. The van der Waals surface area contributed by atoms with Crippen LogP contribution < -0.4 is 4.90 Å². The standard InChI is InChI=1S/C14H17ClN2O3/c15-10-1-2-12-11(9-10)13(18)3-4-17(12)14(19)16-5-7-20-8-6-16/h1-2,9,13,18H,3-8H2. The fourth-order valence-corrected chi connectivity index (χ4v) is 2.87. The zero-order valence-electron chi connectivity index (χ0n) is 11.1. The van der Waals surface area contributed by atoms with Gasteiger partial charge in [-0.25, -0.2) is 4.79 Å². The average molecular weight is 297 g/mol. The lowest BCUT2D eigenvalue weighted by Crippen LogP contribution is -2.50. The minimum Gasteiger partial charge on any atom is -0.388 e. The van der Waals surface area contributed by atoms with Crippen LogP contribution in [0.3, 0.4) is 0 Å². The molecule has 0 radical (unpaired) electrons. The van der Waals surface area contributed by atoms with Crippen LogP contribution in [-0.2, 0) is 4.74 Å². The van der Waals surface area contributed by atoms with Crippen LogP contribution in [-0.4, -0.2) is 48.9 Å². The SMILES string of the molecule is O=C(N1CCOCC1)N1CCC(O)c2cc(Cl)ccc21. The highest BCUT2D eigenvalue weighted by Gasteiger charge is 2.31. The molecule has 6 heteroatoms. The van der Waals surface area contributed by atoms with Crippen LogP contribution >= 0.6 is 11.6 Å². The second-order valence-corrected chi connectivity index (χ2v) is 5.48. The average Bonchev–Trinajstić information content (AvgIpc) is 2.48. The molecule has 2 amide bonds. The number of halogens is 1. The van der Waals surface area contributed by atoms with Gasteiger partial charge < -0.3 is 14.7 Å². The van der Waals surface area contributed by atoms with Gasteiger partial charge in [-0.1, -0.05) is 11.6 Å². The number of aliphatic hydroxyl groups is 1. The van der Waals surface area contributed by atoms with Crippen molar-refractivity contribution in [2.45, 2.75) is 12.5 Å². The lowest BCUT2D eigenvalue weighted by molar-refractivity contribution is 0.0544. The lowest BCUT2D eigenvalue weighted by Gasteiger charge is -2.37. The van der Waals surface area contributed by atoms with Crippen molar-refractivity contribution < 1.29 is 14.6 Å².